The lowest BCUT2D eigenvalue weighted by Crippen LogP contribution is -2.34. The van der Waals surface area contributed by atoms with Crippen molar-refractivity contribution in [2.24, 2.45) is 11.8 Å². The van der Waals surface area contributed by atoms with Crippen LogP contribution in [-0.4, -0.2) is 37.1 Å². The lowest BCUT2D eigenvalue weighted by molar-refractivity contribution is 0.267. The van der Waals surface area contributed by atoms with Gasteiger partial charge in [0.2, 0.25) is 0 Å². The second-order valence-electron chi connectivity index (χ2n) is 8.03. The number of unbranched alkanes of at least 4 members (excludes halogenated alkanes) is 5. The Bertz CT molecular complexity index is 238. The van der Waals surface area contributed by atoms with E-state index in [-0.39, 0.29) is 0 Å². The van der Waals surface area contributed by atoms with Gasteiger partial charge in [-0.3, -0.25) is 0 Å². The van der Waals surface area contributed by atoms with Crippen LogP contribution in [-0.2, 0) is 0 Å². The molecule has 0 fully saturated rings. The summed E-state index contributed by atoms with van der Waals surface area (Å²) in [6.45, 7) is 16.3. The van der Waals surface area contributed by atoms with E-state index in [0.29, 0.717) is 12.1 Å². The van der Waals surface area contributed by atoms with E-state index in [4.69, 9.17) is 0 Å². The first kappa shape index (κ1) is 21.9. The molecule has 0 aromatic heterocycles. The lowest BCUT2D eigenvalue weighted by atomic mass is 10.0. The summed E-state index contributed by atoms with van der Waals surface area (Å²) < 4.78 is 0. The van der Waals surface area contributed by atoms with E-state index in [1.54, 1.807) is 0 Å². The molecule has 134 valence electrons. The summed E-state index contributed by atoms with van der Waals surface area (Å²) in [4.78, 5) is 2.45. The summed E-state index contributed by atoms with van der Waals surface area (Å²) in [7, 11) is 2.24. The molecule has 0 spiro atoms. The molecule has 0 amide bonds. The Morgan fingerprint density at radius 1 is 0.773 bits per heavy atom. The standard InChI is InChI=1S/C20H44N2/c1-17(2)20(6)21-16-19(5)14-12-10-8-9-11-13-15-22(7)18(3)4/h17-21H,8-16H2,1-7H3. The van der Waals surface area contributed by atoms with Crippen LogP contribution in [0.1, 0.15) is 86.5 Å². The maximum Gasteiger partial charge on any atom is 0.00618 e. The van der Waals surface area contributed by atoms with E-state index >= 15 is 0 Å². The number of hydrogen-bond acceptors (Lipinski definition) is 2. The van der Waals surface area contributed by atoms with Crippen molar-refractivity contribution in [3.05, 3.63) is 0 Å². The van der Waals surface area contributed by atoms with Gasteiger partial charge in [-0.15, -0.1) is 0 Å². The molecule has 0 radical (unpaired) electrons. The van der Waals surface area contributed by atoms with Crippen LogP contribution >= 0.6 is 0 Å². The molecule has 0 bridgehead atoms. The molecule has 2 atom stereocenters. The molecule has 2 nitrogen and oxygen atoms in total. The molecule has 0 aromatic rings. The van der Waals surface area contributed by atoms with Crippen molar-refractivity contribution in [1.82, 2.24) is 10.2 Å². The Kier molecular flexibility index (Phi) is 13.3. The summed E-state index contributed by atoms with van der Waals surface area (Å²) >= 11 is 0. The second-order valence-corrected chi connectivity index (χ2v) is 8.03. The summed E-state index contributed by atoms with van der Waals surface area (Å²) in [6.07, 6.45) is 9.82. The van der Waals surface area contributed by atoms with Crippen LogP contribution in [0.5, 0.6) is 0 Å². The topological polar surface area (TPSA) is 15.3 Å². The number of rotatable bonds is 14. The molecule has 0 aromatic carbocycles. The van der Waals surface area contributed by atoms with Crippen LogP contribution in [0.15, 0.2) is 0 Å². The molecule has 0 aliphatic rings. The normalized spacial score (nSPS) is 15.0. The molecule has 22 heavy (non-hydrogen) atoms. The highest BCUT2D eigenvalue weighted by Crippen LogP contribution is 2.12. The highest BCUT2D eigenvalue weighted by atomic mass is 15.1. The van der Waals surface area contributed by atoms with E-state index in [1.165, 1.54) is 58.0 Å². The van der Waals surface area contributed by atoms with Crippen LogP contribution in [0, 0.1) is 11.8 Å². The fourth-order valence-corrected chi connectivity index (χ4v) is 2.54. The first-order valence-electron chi connectivity index (χ1n) is 9.78. The van der Waals surface area contributed by atoms with Crippen LogP contribution in [0.4, 0.5) is 0 Å². The van der Waals surface area contributed by atoms with Crippen LogP contribution < -0.4 is 5.32 Å². The largest absolute Gasteiger partial charge is 0.314 e. The zero-order valence-electron chi connectivity index (χ0n) is 16.6. The second kappa shape index (κ2) is 13.4. The monoisotopic (exact) mass is 312 g/mol. The summed E-state index contributed by atoms with van der Waals surface area (Å²) in [5.41, 5.74) is 0. The Labute approximate surface area is 141 Å². The molecule has 1 N–H and O–H groups in total. The third-order valence-electron chi connectivity index (χ3n) is 5.13. The van der Waals surface area contributed by atoms with Gasteiger partial charge in [-0.05, 0) is 65.6 Å². The van der Waals surface area contributed by atoms with E-state index in [0.717, 1.165) is 11.8 Å². The zero-order valence-corrected chi connectivity index (χ0v) is 16.6. The van der Waals surface area contributed by atoms with Crippen LogP contribution in [0.25, 0.3) is 0 Å². The average Bonchev–Trinajstić information content (AvgIpc) is 2.46. The zero-order chi connectivity index (χ0) is 17.0. The molecular formula is C20H44N2. The van der Waals surface area contributed by atoms with Crippen molar-refractivity contribution in [3.63, 3.8) is 0 Å². The average molecular weight is 313 g/mol. The number of hydrogen-bond donors (Lipinski definition) is 1. The SMILES string of the molecule is CC(CCCCCCCCN(C)C(C)C)CNC(C)C(C)C. The quantitative estimate of drug-likeness (QED) is 0.436. The molecule has 0 saturated carbocycles. The van der Waals surface area contributed by atoms with Gasteiger partial charge in [0, 0.05) is 12.1 Å². The first-order valence-corrected chi connectivity index (χ1v) is 9.78. The predicted octanol–water partition coefficient (Wildman–Crippen LogP) is 5.33. The molecule has 2 unspecified atom stereocenters. The summed E-state index contributed by atoms with van der Waals surface area (Å²) in [5.74, 6) is 1.56. The first-order chi connectivity index (χ1) is 10.3. The summed E-state index contributed by atoms with van der Waals surface area (Å²) in [6, 6.07) is 1.33. The Morgan fingerprint density at radius 3 is 1.86 bits per heavy atom. The van der Waals surface area contributed by atoms with Crippen molar-refractivity contribution in [1.29, 1.82) is 0 Å². The van der Waals surface area contributed by atoms with E-state index in [2.05, 4.69) is 58.8 Å². The Hall–Kier alpha value is -0.0800. The van der Waals surface area contributed by atoms with Crippen molar-refractivity contribution in [3.8, 4) is 0 Å². The molecule has 0 aliphatic carbocycles. The van der Waals surface area contributed by atoms with Gasteiger partial charge in [-0.25, -0.2) is 0 Å². The van der Waals surface area contributed by atoms with Gasteiger partial charge in [0.25, 0.3) is 0 Å². The molecule has 0 saturated heterocycles. The number of nitrogens with zero attached hydrogens (tertiary/aromatic N) is 1. The lowest BCUT2D eigenvalue weighted by Gasteiger charge is -2.21. The molecule has 0 heterocycles. The highest BCUT2D eigenvalue weighted by Gasteiger charge is 2.08. The van der Waals surface area contributed by atoms with Gasteiger partial charge in [-0.2, -0.15) is 0 Å². The van der Waals surface area contributed by atoms with E-state index in [9.17, 15) is 0 Å². The van der Waals surface area contributed by atoms with E-state index < -0.39 is 0 Å². The van der Waals surface area contributed by atoms with Gasteiger partial charge >= 0.3 is 0 Å². The van der Waals surface area contributed by atoms with Crippen LogP contribution in [0.3, 0.4) is 0 Å². The third kappa shape index (κ3) is 12.5. The van der Waals surface area contributed by atoms with Gasteiger partial charge in [0.05, 0.1) is 0 Å². The molecule has 0 rings (SSSR count). The number of nitrogens with one attached hydrogen (secondary N) is 1. The van der Waals surface area contributed by atoms with E-state index in [1.807, 2.05) is 0 Å². The smallest absolute Gasteiger partial charge is 0.00618 e. The van der Waals surface area contributed by atoms with Crippen molar-refractivity contribution < 1.29 is 0 Å². The van der Waals surface area contributed by atoms with Crippen molar-refractivity contribution >= 4 is 0 Å². The highest BCUT2D eigenvalue weighted by molar-refractivity contribution is 4.67. The Balaban J connectivity index is 3.35. The fourth-order valence-electron chi connectivity index (χ4n) is 2.54. The Morgan fingerprint density at radius 2 is 1.32 bits per heavy atom. The van der Waals surface area contributed by atoms with Gasteiger partial charge < -0.3 is 10.2 Å². The van der Waals surface area contributed by atoms with Gasteiger partial charge in [0.1, 0.15) is 0 Å². The van der Waals surface area contributed by atoms with Gasteiger partial charge in [-0.1, -0.05) is 52.9 Å². The minimum absolute atomic E-state index is 0.645. The van der Waals surface area contributed by atoms with Crippen LogP contribution in [0.2, 0.25) is 0 Å². The maximum absolute atomic E-state index is 3.67. The summed E-state index contributed by atoms with van der Waals surface area (Å²) in [5, 5.41) is 3.67. The van der Waals surface area contributed by atoms with Gasteiger partial charge in [0.15, 0.2) is 0 Å². The van der Waals surface area contributed by atoms with Crippen molar-refractivity contribution in [2.45, 2.75) is 98.6 Å². The third-order valence-corrected chi connectivity index (χ3v) is 5.13. The minimum Gasteiger partial charge on any atom is -0.314 e. The van der Waals surface area contributed by atoms with Crippen molar-refractivity contribution in [2.75, 3.05) is 20.1 Å². The maximum atomic E-state index is 3.67. The molecule has 2 heteroatoms. The molecule has 0 aliphatic heterocycles. The minimum atomic E-state index is 0.645. The predicted molar refractivity (Wildman–Crippen MR) is 102 cm³/mol. The molecular weight excluding hydrogens is 268 g/mol. The fraction of sp³-hybridized carbons (Fsp3) is 1.00.